The molecule has 0 spiro atoms. The maximum Gasteiger partial charge on any atom is 0.118 e. The van der Waals surface area contributed by atoms with E-state index in [1.807, 2.05) is 19.1 Å². The third-order valence-electron chi connectivity index (χ3n) is 0.898. The number of rotatable bonds is 0. The monoisotopic (exact) mass is 96.1 g/mol. The molecule has 0 saturated heterocycles. The molecule has 0 bridgehead atoms. The summed E-state index contributed by atoms with van der Waals surface area (Å²) >= 11 is 0. The Hall–Kier alpha value is -0.790. The van der Waals surface area contributed by atoms with Gasteiger partial charge in [-0.2, -0.15) is 0 Å². The minimum atomic E-state index is 0.306. The summed E-state index contributed by atoms with van der Waals surface area (Å²) in [7, 11) is 0. The molecular weight excluding hydrogens is 88.1 g/mol. The highest BCUT2D eigenvalue weighted by atomic mass is 14.9. The van der Waals surface area contributed by atoms with Crippen LogP contribution in [0.1, 0.15) is 6.92 Å². The third kappa shape index (κ3) is 0.796. The van der Waals surface area contributed by atoms with Gasteiger partial charge >= 0.3 is 0 Å². The lowest BCUT2D eigenvalue weighted by Crippen LogP contribution is -2.04. The highest BCUT2D eigenvalue weighted by Crippen LogP contribution is 1.98. The lowest BCUT2D eigenvalue weighted by molar-refractivity contribution is 0.945. The Balaban J connectivity index is 2.69. The van der Waals surface area contributed by atoms with Crippen molar-refractivity contribution in [3.63, 3.8) is 0 Å². The van der Waals surface area contributed by atoms with Gasteiger partial charge in [0.25, 0.3) is 0 Å². The van der Waals surface area contributed by atoms with Crippen LogP contribution in [-0.2, 0) is 0 Å². The van der Waals surface area contributed by atoms with Crippen molar-refractivity contribution in [2.45, 2.75) is 13.0 Å². The topological polar surface area (TPSA) is 38.4 Å². The highest BCUT2D eigenvalue weighted by molar-refractivity contribution is 5.93. The minimum absolute atomic E-state index is 0.306. The van der Waals surface area contributed by atoms with E-state index in [4.69, 9.17) is 5.73 Å². The molecule has 0 radical (unpaired) electrons. The Bertz CT molecular complexity index is 124. The molecule has 1 aliphatic heterocycles. The normalized spacial score (nSPS) is 28.1. The van der Waals surface area contributed by atoms with Gasteiger partial charge in [-0.1, -0.05) is 6.08 Å². The van der Waals surface area contributed by atoms with Gasteiger partial charge in [-0.15, -0.1) is 0 Å². The van der Waals surface area contributed by atoms with E-state index < -0.39 is 0 Å². The Kier molecular flexibility index (Phi) is 0.855. The van der Waals surface area contributed by atoms with E-state index in [9.17, 15) is 0 Å². The molecule has 2 heteroatoms. The van der Waals surface area contributed by atoms with E-state index in [1.165, 1.54) is 0 Å². The molecule has 0 aromatic heterocycles. The van der Waals surface area contributed by atoms with Crippen molar-refractivity contribution in [2.24, 2.45) is 10.7 Å². The largest absolute Gasteiger partial charge is 0.384 e. The van der Waals surface area contributed by atoms with E-state index in [0.29, 0.717) is 11.9 Å². The molecule has 0 aliphatic carbocycles. The Morgan fingerprint density at radius 2 is 2.57 bits per heavy atom. The van der Waals surface area contributed by atoms with Crippen LogP contribution in [0, 0.1) is 0 Å². The molecule has 0 amide bonds. The zero-order chi connectivity index (χ0) is 5.28. The van der Waals surface area contributed by atoms with Gasteiger partial charge in [-0.25, -0.2) is 0 Å². The summed E-state index contributed by atoms with van der Waals surface area (Å²) in [5.74, 6) is 0.646. The first-order chi connectivity index (χ1) is 3.29. The van der Waals surface area contributed by atoms with Crippen LogP contribution < -0.4 is 5.73 Å². The minimum Gasteiger partial charge on any atom is -0.384 e. The molecule has 1 atom stereocenters. The Labute approximate surface area is 42.7 Å². The lowest BCUT2D eigenvalue weighted by Gasteiger charge is -1.86. The standard InChI is InChI=1S/C5H8N2/c1-4-2-3-5(6)7-4/h2-4H,1H3,(H2,6,7). The van der Waals surface area contributed by atoms with Crippen LogP contribution in [0.15, 0.2) is 17.1 Å². The summed E-state index contributed by atoms with van der Waals surface area (Å²) in [6.45, 7) is 2.00. The molecule has 0 aromatic carbocycles. The van der Waals surface area contributed by atoms with Gasteiger partial charge in [0.15, 0.2) is 0 Å². The van der Waals surface area contributed by atoms with Gasteiger partial charge in [0, 0.05) is 0 Å². The molecule has 1 heterocycles. The second kappa shape index (κ2) is 1.37. The predicted molar refractivity (Wildman–Crippen MR) is 30.2 cm³/mol. The number of nitrogens with zero attached hydrogens (tertiary/aromatic N) is 1. The van der Waals surface area contributed by atoms with E-state index in [2.05, 4.69) is 4.99 Å². The van der Waals surface area contributed by atoms with Crippen molar-refractivity contribution in [2.75, 3.05) is 0 Å². The quantitative estimate of drug-likeness (QED) is 0.463. The average molecular weight is 96.1 g/mol. The maximum atomic E-state index is 5.29. The molecule has 7 heavy (non-hydrogen) atoms. The predicted octanol–water partition coefficient (Wildman–Crippen LogP) is 0.302. The van der Waals surface area contributed by atoms with E-state index in [0.717, 1.165) is 0 Å². The van der Waals surface area contributed by atoms with Gasteiger partial charge in [0.2, 0.25) is 0 Å². The summed E-state index contributed by atoms with van der Waals surface area (Å²) in [6.07, 6.45) is 3.79. The molecule has 38 valence electrons. The van der Waals surface area contributed by atoms with Crippen molar-refractivity contribution in [3.05, 3.63) is 12.2 Å². The summed E-state index contributed by atoms with van der Waals surface area (Å²) in [4.78, 5) is 3.97. The van der Waals surface area contributed by atoms with E-state index in [-0.39, 0.29) is 0 Å². The fourth-order valence-corrected chi connectivity index (χ4v) is 0.559. The molecule has 2 nitrogen and oxygen atoms in total. The Morgan fingerprint density at radius 3 is 2.71 bits per heavy atom. The van der Waals surface area contributed by atoms with Gasteiger partial charge in [-0.3, -0.25) is 4.99 Å². The zero-order valence-electron chi connectivity index (χ0n) is 4.26. The van der Waals surface area contributed by atoms with Crippen LogP contribution in [0.4, 0.5) is 0 Å². The van der Waals surface area contributed by atoms with Crippen LogP contribution in [-0.4, -0.2) is 11.9 Å². The van der Waals surface area contributed by atoms with Crippen molar-refractivity contribution in [1.29, 1.82) is 0 Å². The molecular formula is C5H8N2. The van der Waals surface area contributed by atoms with E-state index in [1.54, 1.807) is 0 Å². The lowest BCUT2D eigenvalue weighted by atomic mass is 10.4. The van der Waals surface area contributed by atoms with Crippen LogP contribution in [0.5, 0.6) is 0 Å². The number of hydrogen-bond donors (Lipinski definition) is 1. The molecule has 1 aliphatic rings. The van der Waals surface area contributed by atoms with Gasteiger partial charge in [-0.05, 0) is 13.0 Å². The van der Waals surface area contributed by atoms with Crippen molar-refractivity contribution in [3.8, 4) is 0 Å². The van der Waals surface area contributed by atoms with E-state index >= 15 is 0 Å². The number of nitrogens with two attached hydrogens (primary N) is 1. The number of amidine groups is 1. The average Bonchev–Trinajstić information content (AvgIpc) is 1.87. The molecule has 0 fully saturated rings. The SMILES string of the molecule is CC1C=CC(N)=N1. The summed E-state index contributed by atoms with van der Waals surface area (Å²) in [5.41, 5.74) is 5.29. The van der Waals surface area contributed by atoms with Crippen LogP contribution >= 0.6 is 0 Å². The number of aliphatic imine (C=N–C) groups is 1. The first kappa shape index (κ1) is 4.37. The van der Waals surface area contributed by atoms with Gasteiger partial charge < -0.3 is 5.73 Å². The van der Waals surface area contributed by atoms with Gasteiger partial charge in [0.05, 0.1) is 6.04 Å². The molecule has 2 N–H and O–H groups in total. The summed E-state index contributed by atoms with van der Waals surface area (Å²) < 4.78 is 0. The first-order valence-electron chi connectivity index (χ1n) is 2.30. The summed E-state index contributed by atoms with van der Waals surface area (Å²) in [6, 6.07) is 0.306. The second-order valence-electron chi connectivity index (χ2n) is 1.65. The van der Waals surface area contributed by atoms with Crippen molar-refractivity contribution >= 4 is 5.84 Å². The van der Waals surface area contributed by atoms with Gasteiger partial charge in [0.1, 0.15) is 5.84 Å². The summed E-state index contributed by atoms with van der Waals surface area (Å²) in [5, 5.41) is 0. The first-order valence-corrected chi connectivity index (χ1v) is 2.30. The van der Waals surface area contributed by atoms with Crippen LogP contribution in [0.3, 0.4) is 0 Å². The fourth-order valence-electron chi connectivity index (χ4n) is 0.559. The maximum absolute atomic E-state index is 5.29. The Morgan fingerprint density at radius 1 is 1.86 bits per heavy atom. The second-order valence-corrected chi connectivity index (χ2v) is 1.65. The molecule has 0 aromatic rings. The highest BCUT2D eigenvalue weighted by Gasteiger charge is 1.98. The van der Waals surface area contributed by atoms with Crippen LogP contribution in [0.25, 0.3) is 0 Å². The third-order valence-corrected chi connectivity index (χ3v) is 0.898. The van der Waals surface area contributed by atoms with Crippen LogP contribution in [0.2, 0.25) is 0 Å². The van der Waals surface area contributed by atoms with Crippen molar-refractivity contribution in [1.82, 2.24) is 0 Å². The fraction of sp³-hybridized carbons (Fsp3) is 0.400. The smallest absolute Gasteiger partial charge is 0.118 e. The molecule has 1 unspecified atom stereocenters. The molecule has 1 rings (SSSR count). The zero-order valence-corrected chi connectivity index (χ0v) is 4.26. The molecule has 0 saturated carbocycles. The van der Waals surface area contributed by atoms with Crippen molar-refractivity contribution < 1.29 is 0 Å². The number of hydrogen-bond acceptors (Lipinski definition) is 2.